The van der Waals surface area contributed by atoms with Crippen LogP contribution in [0.3, 0.4) is 0 Å². The Balaban J connectivity index is 2.08. The Morgan fingerprint density at radius 1 is 1.30 bits per heavy atom. The number of rotatable bonds is 2. The molecule has 2 N–H and O–H groups in total. The van der Waals surface area contributed by atoms with Crippen LogP contribution >= 0.6 is 12.2 Å². The van der Waals surface area contributed by atoms with Gasteiger partial charge in [-0.1, -0.05) is 30.4 Å². The molecular weight excluding hydrogens is 268 g/mol. The van der Waals surface area contributed by atoms with Crippen LogP contribution in [-0.4, -0.2) is 21.5 Å². The first-order valence-corrected chi connectivity index (χ1v) is 7.07. The summed E-state index contributed by atoms with van der Waals surface area (Å²) in [4.78, 5) is 11.5. The number of hydrogen-bond acceptors (Lipinski definition) is 4. The SMILES string of the molecule is Cc1cc(C(N)=S)nc(N2CCCc3ccccc32)n1. The molecule has 20 heavy (non-hydrogen) atoms. The van der Waals surface area contributed by atoms with E-state index in [0.29, 0.717) is 16.6 Å². The number of anilines is 2. The van der Waals surface area contributed by atoms with E-state index in [4.69, 9.17) is 18.0 Å². The van der Waals surface area contributed by atoms with Crippen molar-refractivity contribution in [3.05, 3.63) is 47.3 Å². The zero-order chi connectivity index (χ0) is 14.1. The minimum Gasteiger partial charge on any atom is -0.388 e. The summed E-state index contributed by atoms with van der Waals surface area (Å²) in [5, 5.41) is 0. The highest BCUT2D eigenvalue weighted by atomic mass is 32.1. The van der Waals surface area contributed by atoms with Gasteiger partial charge in [0.05, 0.1) is 0 Å². The van der Waals surface area contributed by atoms with Crippen LogP contribution in [0.25, 0.3) is 0 Å². The molecule has 5 heteroatoms. The molecule has 0 aliphatic carbocycles. The van der Waals surface area contributed by atoms with Gasteiger partial charge >= 0.3 is 0 Å². The number of thiocarbonyl (C=S) groups is 1. The van der Waals surface area contributed by atoms with E-state index in [1.54, 1.807) is 0 Å². The summed E-state index contributed by atoms with van der Waals surface area (Å²) in [6, 6.07) is 10.2. The molecular formula is C15H16N4S. The molecule has 0 unspecified atom stereocenters. The quantitative estimate of drug-likeness (QED) is 0.859. The van der Waals surface area contributed by atoms with Gasteiger partial charge in [0.25, 0.3) is 0 Å². The Morgan fingerprint density at radius 2 is 2.10 bits per heavy atom. The molecule has 2 heterocycles. The monoisotopic (exact) mass is 284 g/mol. The molecule has 0 saturated carbocycles. The Hall–Kier alpha value is -2.01. The van der Waals surface area contributed by atoms with Crippen LogP contribution in [0.5, 0.6) is 0 Å². The van der Waals surface area contributed by atoms with Gasteiger partial charge in [-0.2, -0.15) is 0 Å². The highest BCUT2D eigenvalue weighted by molar-refractivity contribution is 7.80. The normalized spacial score (nSPS) is 13.9. The van der Waals surface area contributed by atoms with Crippen molar-refractivity contribution in [3.8, 4) is 0 Å². The number of nitrogens with two attached hydrogens (primary N) is 1. The third-order valence-corrected chi connectivity index (χ3v) is 3.66. The molecule has 1 aromatic carbocycles. The van der Waals surface area contributed by atoms with Crippen LogP contribution in [0.4, 0.5) is 11.6 Å². The van der Waals surface area contributed by atoms with Crippen LogP contribution in [0.2, 0.25) is 0 Å². The fourth-order valence-electron chi connectivity index (χ4n) is 2.54. The fourth-order valence-corrected chi connectivity index (χ4v) is 2.65. The van der Waals surface area contributed by atoms with Crippen molar-refractivity contribution in [1.29, 1.82) is 0 Å². The molecule has 3 rings (SSSR count). The second-order valence-corrected chi connectivity index (χ2v) is 5.38. The van der Waals surface area contributed by atoms with Gasteiger partial charge in [0.15, 0.2) is 0 Å². The molecule has 1 aliphatic heterocycles. The summed E-state index contributed by atoms with van der Waals surface area (Å²) in [6.45, 7) is 2.85. The zero-order valence-corrected chi connectivity index (χ0v) is 12.2. The van der Waals surface area contributed by atoms with Gasteiger partial charge in [-0.25, -0.2) is 9.97 Å². The van der Waals surface area contributed by atoms with E-state index in [2.05, 4.69) is 33.1 Å². The third-order valence-electron chi connectivity index (χ3n) is 3.45. The molecule has 1 aromatic heterocycles. The molecule has 0 bridgehead atoms. The summed E-state index contributed by atoms with van der Waals surface area (Å²) in [5.41, 5.74) is 9.72. The molecule has 0 saturated heterocycles. The number of fused-ring (bicyclic) bond motifs is 1. The van der Waals surface area contributed by atoms with E-state index in [1.165, 1.54) is 11.3 Å². The lowest BCUT2D eigenvalue weighted by Crippen LogP contribution is -2.27. The zero-order valence-electron chi connectivity index (χ0n) is 11.3. The predicted molar refractivity (Wildman–Crippen MR) is 84.4 cm³/mol. The second-order valence-electron chi connectivity index (χ2n) is 4.94. The Bertz CT molecular complexity index is 669. The lowest BCUT2D eigenvalue weighted by molar-refractivity contribution is 0.748. The highest BCUT2D eigenvalue weighted by Crippen LogP contribution is 2.31. The number of aromatic nitrogens is 2. The van der Waals surface area contributed by atoms with Gasteiger partial charge < -0.3 is 10.6 Å². The number of benzene rings is 1. The van der Waals surface area contributed by atoms with E-state index >= 15 is 0 Å². The van der Waals surface area contributed by atoms with Gasteiger partial charge in [-0.05, 0) is 37.5 Å². The van der Waals surface area contributed by atoms with Crippen LogP contribution in [0, 0.1) is 6.92 Å². The summed E-state index contributed by atoms with van der Waals surface area (Å²) in [7, 11) is 0. The number of aryl methyl sites for hydroxylation is 2. The molecule has 0 fully saturated rings. The third kappa shape index (κ3) is 2.36. The minimum absolute atomic E-state index is 0.307. The van der Waals surface area contributed by atoms with Gasteiger partial charge in [-0.3, -0.25) is 0 Å². The maximum Gasteiger partial charge on any atom is 0.230 e. The largest absolute Gasteiger partial charge is 0.388 e. The van der Waals surface area contributed by atoms with Crippen LogP contribution < -0.4 is 10.6 Å². The van der Waals surface area contributed by atoms with Crippen molar-refractivity contribution in [2.45, 2.75) is 19.8 Å². The van der Waals surface area contributed by atoms with E-state index in [1.807, 2.05) is 19.1 Å². The van der Waals surface area contributed by atoms with E-state index in [9.17, 15) is 0 Å². The maximum atomic E-state index is 5.70. The van der Waals surface area contributed by atoms with Crippen molar-refractivity contribution in [2.75, 3.05) is 11.4 Å². The molecule has 0 amide bonds. The highest BCUT2D eigenvalue weighted by Gasteiger charge is 2.20. The Morgan fingerprint density at radius 3 is 2.90 bits per heavy atom. The molecule has 4 nitrogen and oxygen atoms in total. The second kappa shape index (κ2) is 5.17. The fraction of sp³-hybridized carbons (Fsp3) is 0.267. The van der Waals surface area contributed by atoms with Gasteiger partial charge in [0, 0.05) is 17.9 Å². The number of nitrogens with zero attached hydrogens (tertiary/aromatic N) is 3. The minimum atomic E-state index is 0.307. The standard InChI is InChI=1S/C15H16N4S/c1-10-9-12(14(16)20)18-15(17-10)19-8-4-6-11-5-2-3-7-13(11)19/h2-3,5,7,9H,4,6,8H2,1H3,(H2,16,20). The van der Waals surface area contributed by atoms with Crippen molar-refractivity contribution in [3.63, 3.8) is 0 Å². The van der Waals surface area contributed by atoms with Crippen molar-refractivity contribution >= 4 is 28.8 Å². The summed E-state index contributed by atoms with van der Waals surface area (Å²) >= 11 is 5.03. The van der Waals surface area contributed by atoms with Gasteiger partial charge in [0.2, 0.25) is 5.95 Å². The first kappa shape index (κ1) is 13.0. The first-order chi connectivity index (χ1) is 9.65. The molecule has 0 atom stereocenters. The van der Waals surface area contributed by atoms with E-state index in [0.717, 1.165) is 25.1 Å². The Kier molecular flexibility index (Phi) is 3.36. The van der Waals surface area contributed by atoms with E-state index < -0.39 is 0 Å². The van der Waals surface area contributed by atoms with Gasteiger partial charge in [-0.15, -0.1) is 0 Å². The molecule has 0 spiro atoms. The van der Waals surface area contributed by atoms with E-state index in [-0.39, 0.29) is 0 Å². The van der Waals surface area contributed by atoms with Crippen LogP contribution in [0.1, 0.15) is 23.4 Å². The smallest absolute Gasteiger partial charge is 0.230 e. The van der Waals surface area contributed by atoms with Crippen LogP contribution in [0.15, 0.2) is 30.3 Å². The number of hydrogen-bond donors (Lipinski definition) is 1. The predicted octanol–water partition coefficient (Wildman–Crippen LogP) is 2.50. The summed E-state index contributed by atoms with van der Waals surface area (Å²) in [5.74, 6) is 0.681. The average Bonchev–Trinajstić information content (AvgIpc) is 2.46. The first-order valence-electron chi connectivity index (χ1n) is 6.66. The average molecular weight is 284 g/mol. The summed E-state index contributed by atoms with van der Waals surface area (Å²) < 4.78 is 0. The Labute approximate surface area is 123 Å². The van der Waals surface area contributed by atoms with Crippen molar-refractivity contribution in [2.24, 2.45) is 5.73 Å². The number of para-hydroxylation sites is 1. The molecule has 102 valence electrons. The van der Waals surface area contributed by atoms with Crippen molar-refractivity contribution < 1.29 is 0 Å². The maximum absolute atomic E-state index is 5.70. The van der Waals surface area contributed by atoms with Crippen LogP contribution in [-0.2, 0) is 6.42 Å². The molecule has 0 radical (unpaired) electrons. The van der Waals surface area contributed by atoms with Gasteiger partial charge in [0.1, 0.15) is 10.7 Å². The lowest BCUT2D eigenvalue weighted by Gasteiger charge is -2.29. The topological polar surface area (TPSA) is 55.0 Å². The van der Waals surface area contributed by atoms with Crippen molar-refractivity contribution in [1.82, 2.24) is 9.97 Å². The lowest BCUT2D eigenvalue weighted by atomic mass is 10.0. The molecule has 2 aromatic rings. The summed E-state index contributed by atoms with van der Waals surface area (Å²) in [6.07, 6.45) is 2.19. The molecule has 1 aliphatic rings.